The van der Waals surface area contributed by atoms with Gasteiger partial charge in [0, 0.05) is 19.2 Å². The first-order valence-electron chi connectivity index (χ1n) is 5.17. The van der Waals surface area contributed by atoms with Crippen LogP contribution in [0.2, 0.25) is 0 Å². The van der Waals surface area contributed by atoms with Gasteiger partial charge < -0.3 is 9.36 Å². The van der Waals surface area contributed by atoms with E-state index in [1.165, 1.54) is 0 Å². The van der Waals surface area contributed by atoms with Gasteiger partial charge in [0.2, 0.25) is 0 Å². The van der Waals surface area contributed by atoms with E-state index in [2.05, 4.69) is 18.1 Å². The standard InChI is InChI=1S/C13H16N2O/c1-3-4-6-12(2)9-15-10-13(14-11-15)7-5-8-16/h3-4,6,8,10-11H,1-2,5,7,9H2/b6-4-. The van der Waals surface area contributed by atoms with Crippen LogP contribution in [0.25, 0.3) is 0 Å². The van der Waals surface area contributed by atoms with Crippen molar-refractivity contribution in [3.05, 3.63) is 55.2 Å². The van der Waals surface area contributed by atoms with Crippen molar-refractivity contribution >= 4 is 6.29 Å². The molecule has 0 fully saturated rings. The molecule has 1 aromatic heterocycles. The molecule has 0 aliphatic rings. The largest absolute Gasteiger partial charge is 0.333 e. The van der Waals surface area contributed by atoms with E-state index in [4.69, 9.17) is 0 Å². The Hall–Kier alpha value is -1.90. The minimum Gasteiger partial charge on any atom is -0.333 e. The first-order chi connectivity index (χ1) is 7.76. The van der Waals surface area contributed by atoms with E-state index in [1.54, 1.807) is 12.4 Å². The number of aryl methyl sites for hydroxylation is 1. The molecule has 0 aliphatic carbocycles. The van der Waals surface area contributed by atoms with Crippen molar-refractivity contribution in [2.24, 2.45) is 0 Å². The molecule has 0 saturated heterocycles. The molecular formula is C13H16N2O. The minimum absolute atomic E-state index is 0.522. The summed E-state index contributed by atoms with van der Waals surface area (Å²) >= 11 is 0. The fraction of sp³-hybridized carbons (Fsp3) is 0.231. The van der Waals surface area contributed by atoms with Crippen molar-refractivity contribution in [2.45, 2.75) is 19.4 Å². The number of hydrogen-bond donors (Lipinski definition) is 0. The summed E-state index contributed by atoms with van der Waals surface area (Å²) in [5, 5.41) is 0. The Balaban J connectivity index is 2.51. The SMILES string of the molecule is C=C/C=C\C(=C)Cn1cnc(CCC=O)c1. The third-order valence-electron chi connectivity index (χ3n) is 2.06. The van der Waals surface area contributed by atoms with Crippen LogP contribution in [0.5, 0.6) is 0 Å². The fourth-order valence-corrected chi connectivity index (χ4v) is 1.32. The van der Waals surface area contributed by atoms with Crippen LogP contribution in [0.1, 0.15) is 12.1 Å². The van der Waals surface area contributed by atoms with Gasteiger partial charge in [0.05, 0.1) is 12.0 Å². The molecule has 1 heterocycles. The van der Waals surface area contributed by atoms with Gasteiger partial charge in [-0.15, -0.1) is 0 Å². The Morgan fingerprint density at radius 2 is 2.38 bits per heavy atom. The zero-order chi connectivity index (χ0) is 11.8. The highest BCUT2D eigenvalue weighted by atomic mass is 16.1. The topological polar surface area (TPSA) is 34.9 Å². The van der Waals surface area contributed by atoms with Gasteiger partial charge in [-0.05, 0) is 12.0 Å². The van der Waals surface area contributed by atoms with Crippen molar-refractivity contribution in [3.63, 3.8) is 0 Å². The molecule has 0 bridgehead atoms. The maximum absolute atomic E-state index is 10.2. The van der Waals surface area contributed by atoms with Crippen molar-refractivity contribution in [2.75, 3.05) is 0 Å². The van der Waals surface area contributed by atoms with Crippen LogP contribution in [-0.2, 0) is 17.8 Å². The molecule has 3 nitrogen and oxygen atoms in total. The first-order valence-corrected chi connectivity index (χ1v) is 5.17. The monoisotopic (exact) mass is 216 g/mol. The van der Waals surface area contributed by atoms with E-state index < -0.39 is 0 Å². The van der Waals surface area contributed by atoms with Crippen molar-refractivity contribution in [3.8, 4) is 0 Å². The van der Waals surface area contributed by atoms with Gasteiger partial charge >= 0.3 is 0 Å². The summed E-state index contributed by atoms with van der Waals surface area (Å²) in [7, 11) is 0. The van der Waals surface area contributed by atoms with Gasteiger partial charge in [0.25, 0.3) is 0 Å². The summed E-state index contributed by atoms with van der Waals surface area (Å²) in [6.07, 6.45) is 11.3. The van der Waals surface area contributed by atoms with Gasteiger partial charge in [-0.25, -0.2) is 4.98 Å². The van der Waals surface area contributed by atoms with Crippen LogP contribution in [0.15, 0.2) is 49.5 Å². The molecule has 0 unspecified atom stereocenters. The summed E-state index contributed by atoms with van der Waals surface area (Å²) < 4.78 is 1.95. The van der Waals surface area contributed by atoms with Crippen molar-refractivity contribution < 1.29 is 4.79 Å². The molecule has 84 valence electrons. The molecule has 1 rings (SSSR count). The second-order valence-corrected chi connectivity index (χ2v) is 3.50. The van der Waals surface area contributed by atoms with Crippen LogP contribution in [0.3, 0.4) is 0 Å². The van der Waals surface area contributed by atoms with Crippen LogP contribution in [0.4, 0.5) is 0 Å². The Morgan fingerprint density at radius 3 is 3.06 bits per heavy atom. The molecule has 0 atom stereocenters. The van der Waals surface area contributed by atoms with E-state index in [9.17, 15) is 4.79 Å². The maximum atomic E-state index is 10.2. The molecule has 0 N–H and O–H groups in total. The highest BCUT2D eigenvalue weighted by Gasteiger charge is 1.98. The Labute approximate surface area is 95.8 Å². The number of carbonyl (C=O) groups is 1. The lowest BCUT2D eigenvalue weighted by atomic mass is 10.2. The molecule has 1 aromatic rings. The van der Waals surface area contributed by atoms with Gasteiger partial charge in [0.15, 0.2) is 0 Å². The Kier molecular flexibility index (Phi) is 4.99. The second kappa shape index (κ2) is 6.56. The number of aldehydes is 1. The third kappa shape index (κ3) is 4.09. The van der Waals surface area contributed by atoms with Crippen LogP contribution in [0, 0.1) is 0 Å². The lowest BCUT2D eigenvalue weighted by Crippen LogP contribution is -1.95. The van der Waals surface area contributed by atoms with Gasteiger partial charge in [0.1, 0.15) is 6.29 Å². The van der Waals surface area contributed by atoms with Crippen molar-refractivity contribution in [1.82, 2.24) is 9.55 Å². The summed E-state index contributed by atoms with van der Waals surface area (Å²) in [5.74, 6) is 0. The highest BCUT2D eigenvalue weighted by Crippen LogP contribution is 2.03. The lowest BCUT2D eigenvalue weighted by molar-refractivity contribution is -0.107. The molecule has 0 radical (unpaired) electrons. The Bertz CT molecular complexity index is 402. The zero-order valence-electron chi connectivity index (χ0n) is 9.30. The lowest BCUT2D eigenvalue weighted by Gasteiger charge is -2.00. The van der Waals surface area contributed by atoms with E-state index in [0.29, 0.717) is 19.4 Å². The van der Waals surface area contributed by atoms with Crippen molar-refractivity contribution in [1.29, 1.82) is 0 Å². The smallest absolute Gasteiger partial charge is 0.120 e. The quantitative estimate of drug-likeness (QED) is 0.518. The molecule has 0 aromatic carbocycles. The number of carbonyl (C=O) groups excluding carboxylic acids is 1. The van der Waals surface area contributed by atoms with E-state index >= 15 is 0 Å². The van der Waals surface area contributed by atoms with Gasteiger partial charge in [-0.1, -0.05) is 31.4 Å². The van der Waals surface area contributed by atoms with E-state index in [0.717, 1.165) is 17.6 Å². The van der Waals surface area contributed by atoms with Gasteiger partial charge in [-0.3, -0.25) is 0 Å². The highest BCUT2D eigenvalue weighted by molar-refractivity contribution is 5.49. The number of nitrogens with zero attached hydrogens (tertiary/aromatic N) is 2. The average molecular weight is 216 g/mol. The van der Waals surface area contributed by atoms with Crippen LogP contribution >= 0.6 is 0 Å². The molecule has 16 heavy (non-hydrogen) atoms. The zero-order valence-corrected chi connectivity index (χ0v) is 9.30. The molecule has 0 amide bonds. The summed E-state index contributed by atoms with van der Waals surface area (Å²) in [4.78, 5) is 14.4. The maximum Gasteiger partial charge on any atom is 0.120 e. The van der Waals surface area contributed by atoms with E-state index in [-0.39, 0.29) is 0 Å². The summed E-state index contributed by atoms with van der Waals surface area (Å²) in [5.41, 5.74) is 1.92. The number of rotatable bonds is 7. The molecule has 0 aliphatic heterocycles. The number of hydrogen-bond acceptors (Lipinski definition) is 2. The van der Waals surface area contributed by atoms with Crippen LogP contribution in [-0.4, -0.2) is 15.8 Å². The molecule has 0 saturated carbocycles. The fourth-order valence-electron chi connectivity index (χ4n) is 1.32. The van der Waals surface area contributed by atoms with Gasteiger partial charge in [-0.2, -0.15) is 0 Å². The molecular weight excluding hydrogens is 200 g/mol. The third-order valence-corrected chi connectivity index (χ3v) is 2.06. The molecule has 3 heteroatoms. The normalized spacial score (nSPS) is 10.5. The first kappa shape index (κ1) is 12.2. The number of allylic oxidation sites excluding steroid dienone is 4. The number of imidazole rings is 1. The average Bonchev–Trinajstić information content (AvgIpc) is 2.71. The predicted molar refractivity (Wildman–Crippen MR) is 65.1 cm³/mol. The minimum atomic E-state index is 0.522. The second-order valence-electron chi connectivity index (χ2n) is 3.50. The summed E-state index contributed by atoms with van der Waals surface area (Å²) in [6.45, 7) is 8.22. The predicted octanol–water partition coefficient (Wildman–Crippen LogP) is 2.31. The summed E-state index contributed by atoms with van der Waals surface area (Å²) in [6, 6.07) is 0. The molecule has 0 spiro atoms. The number of aromatic nitrogens is 2. The Morgan fingerprint density at radius 1 is 1.56 bits per heavy atom. The van der Waals surface area contributed by atoms with E-state index in [1.807, 2.05) is 22.9 Å². The van der Waals surface area contributed by atoms with Crippen LogP contribution < -0.4 is 0 Å².